The molecule has 3 aromatic carbocycles. The molecule has 0 fully saturated rings. The Bertz CT molecular complexity index is 1670. The third kappa shape index (κ3) is 10.1. The lowest BCUT2D eigenvalue weighted by Crippen LogP contribution is -2.42. The van der Waals surface area contributed by atoms with Gasteiger partial charge in [0.25, 0.3) is 0 Å². The number of carbonyl (C=O) groups is 2. The van der Waals surface area contributed by atoms with E-state index in [9.17, 15) is 9.59 Å². The second-order valence-electron chi connectivity index (χ2n) is 13.6. The number of amidine groups is 1. The molecule has 0 unspecified atom stereocenters. The highest BCUT2D eigenvalue weighted by Crippen LogP contribution is 2.44. The molecule has 0 radical (unpaired) electrons. The summed E-state index contributed by atoms with van der Waals surface area (Å²) in [6.45, 7) is 9.24. The normalized spacial score (nSPS) is 14.0. The topological polar surface area (TPSA) is 120 Å². The third-order valence-electron chi connectivity index (χ3n) is 8.81. The molecule has 8 nitrogen and oxygen atoms in total. The predicted octanol–water partition coefficient (Wildman–Crippen LogP) is 8.14. The van der Waals surface area contributed by atoms with Crippen LogP contribution in [0.25, 0.3) is 11.1 Å². The molecule has 1 amide bonds. The van der Waals surface area contributed by atoms with Gasteiger partial charge in [0, 0.05) is 37.4 Å². The summed E-state index contributed by atoms with van der Waals surface area (Å²) >= 11 is 0. The average Bonchev–Trinajstić information content (AvgIpc) is 3.67. The van der Waals surface area contributed by atoms with Crippen molar-refractivity contribution in [2.24, 2.45) is 16.6 Å². The number of hydrogen-bond donors (Lipinski definition) is 2. The molecular formula is C40H49N4O4P. The number of Topliss-reactive ketones (excluding diaryl/α,β-unsaturated/α-hetero) is 1. The minimum atomic E-state index is -0.741. The molecule has 3 N–H and O–H groups in total. The standard InChI is InChI=1S/C40H49N4O4P/c1-27(2)21-29(39-43-24-30(48-39)22-28-13-6-5-7-14-28)23-37(45)36(19-12-20-42-38(41)26-49(3)4)44-40(46)47-25-35-33-17-10-8-15-31(33)32-16-9-11-18-34(32)35/h5-11,13-18,24,27,29,35-36H,12,19-23,25-26H2,1-4H3,(H2,41,42)(H,44,46)/t29-,36-/m1/s1. The Balaban J connectivity index is 1.27. The number of aliphatic imine (C=N–C) groups is 1. The Morgan fingerprint density at radius 3 is 2.29 bits per heavy atom. The maximum Gasteiger partial charge on any atom is 0.407 e. The summed E-state index contributed by atoms with van der Waals surface area (Å²) in [5, 5.41) is 2.92. The molecule has 1 aliphatic rings. The fourth-order valence-electron chi connectivity index (χ4n) is 6.60. The molecule has 5 rings (SSSR count). The summed E-state index contributed by atoms with van der Waals surface area (Å²) in [6.07, 6.45) is 4.51. The van der Waals surface area contributed by atoms with E-state index < -0.39 is 12.1 Å². The molecule has 2 atom stereocenters. The van der Waals surface area contributed by atoms with Crippen molar-refractivity contribution in [3.05, 3.63) is 113 Å². The van der Waals surface area contributed by atoms with Gasteiger partial charge in [0.1, 0.15) is 12.4 Å². The number of alkyl carbamates (subject to hydrolysis) is 1. The molecule has 0 bridgehead atoms. The number of carbonyl (C=O) groups excluding carboxylic acids is 2. The zero-order chi connectivity index (χ0) is 34.8. The average molecular weight is 681 g/mol. The van der Waals surface area contributed by atoms with Crippen molar-refractivity contribution in [2.75, 3.05) is 32.6 Å². The van der Waals surface area contributed by atoms with Gasteiger partial charge in [-0.25, -0.2) is 9.78 Å². The lowest BCUT2D eigenvalue weighted by molar-refractivity contribution is -0.121. The quantitative estimate of drug-likeness (QED) is 0.0503. The number of ether oxygens (including phenoxy) is 1. The van der Waals surface area contributed by atoms with Gasteiger partial charge in [-0.15, -0.1) is 7.92 Å². The number of nitrogens with one attached hydrogen (secondary N) is 1. The summed E-state index contributed by atoms with van der Waals surface area (Å²) in [4.78, 5) is 36.5. The summed E-state index contributed by atoms with van der Waals surface area (Å²) in [5.41, 5.74) is 11.8. The number of fused-ring (bicyclic) bond motifs is 3. The Morgan fingerprint density at radius 1 is 0.980 bits per heavy atom. The van der Waals surface area contributed by atoms with Gasteiger partial charge in [0.2, 0.25) is 0 Å². The Kier molecular flexibility index (Phi) is 12.8. The first-order valence-electron chi connectivity index (χ1n) is 17.2. The van der Waals surface area contributed by atoms with Crippen molar-refractivity contribution in [3.8, 4) is 11.1 Å². The molecule has 0 aliphatic heterocycles. The van der Waals surface area contributed by atoms with Crippen LogP contribution in [0, 0.1) is 5.92 Å². The van der Waals surface area contributed by atoms with E-state index in [0.717, 1.165) is 46.2 Å². The zero-order valence-electron chi connectivity index (χ0n) is 29.1. The van der Waals surface area contributed by atoms with Crippen LogP contribution in [0.1, 0.15) is 79.7 Å². The van der Waals surface area contributed by atoms with Crippen LogP contribution >= 0.6 is 7.92 Å². The van der Waals surface area contributed by atoms with E-state index in [-0.39, 0.29) is 38.6 Å². The number of benzene rings is 3. The number of hydrogen-bond acceptors (Lipinski definition) is 6. The monoisotopic (exact) mass is 680 g/mol. The number of nitrogens with two attached hydrogens (primary N) is 1. The second kappa shape index (κ2) is 17.4. The summed E-state index contributed by atoms with van der Waals surface area (Å²) in [6, 6.07) is 25.8. The molecule has 0 saturated carbocycles. The van der Waals surface area contributed by atoms with Gasteiger partial charge in [0.05, 0.1) is 18.1 Å². The number of ketones is 1. The molecule has 258 valence electrons. The fourth-order valence-corrected chi connectivity index (χ4v) is 7.35. The number of aromatic nitrogens is 1. The molecule has 4 aromatic rings. The van der Waals surface area contributed by atoms with Crippen LogP contribution in [-0.4, -0.2) is 61.4 Å². The summed E-state index contributed by atoms with van der Waals surface area (Å²) in [5.74, 6) is 1.90. The van der Waals surface area contributed by atoms with Crippen molar-refractivity contribution in [3.63, 3.8) is 0 Å². The van der Waals surface area contributed by atoms with Crippen LogP contribution in [0.5, 0.6) is 0 Å². The minimum absolute atomic E-state index is 0.0715. The van der Waals surface area contributed by atoms with Crippen LogP contribution in [0.2, 0.25) is 0 Å². The Labute approximate surface area is 291 Å². The van der Waals surface area contributed by atoms with Crippen LogP contribution < -0.4 is 11.1 Å². The van der Waals surface area contributed by atoms with E-state index in [1.54, 1.807) is 6.20 Å². The maximum atomic E-state index is 14.0. The largest absolute Gasteiger partial charge is 0.449 e. The molecule has 49 heavy (non-hydrogen) atoms. The van der Waals surface area contributed by atoms with Crippen LogP contribution in [-0.2, 0) is 16.0 Å². The summed E-state index contributed by atoms with van der Waals surface area (Å²) in [7, 11) is -0.187. The van der Waals surface area contributed by atoms with E-state index in [1.165, 1.54) is 0 Å². The van der Waals surface area contributed by atoms with Crippen LogP contribution in [0.15, 0.2) is 94.5 Å². The highest BCUT2D eigenvalue weighted by atomic mass is 31.1. The molecule has 0 spiro atoms. The van der Waals surface area contributed by atoms with Crippen molar-refractivity contribution in [1.82, 2.24) is 10.3 Å². The van der Waals surface area contributed by atoms with Gasteiger partial charge in [-0.1, -0.05) is 92.7 Å². The minimum Gasteiger partial charge on any atom is -0.449 e. The number of nitrogens with zero attached hydrogens (tertiary/aromatic N) is 2. The molecule has 9 heteroatoms. The van der Waals surface area contributed by atoms with Crippen molar-refractivity contribution in [1.29, 1.82) is 0 Å². The fraction of sp³-hybridized carbons (Fsp3) is 0.400. The maximum absolute atomic E-state index is 14.0. The highest BCUT2D eigenvalue weighted by molar-refractivity contribution is 7.57. The second-order valence-corrected chi connectivity index (χ2v) is 16.1. The predicted molar refractivity (Wildman–Crippen MR) is 199 cm³/mol. The van der Waals surface area contributed by atoms with Crippen molar-refractivity contribution >= 4 is 25.6 Å². The lowest BCUT2D eigenvalue weighted by Gasteiger charge is -2.22. The number of amides is 1. The molecule has 1 aliphatic carbocycles. The van der Waals surface area contributed by atoms with Gasteiger partial charge >= 0.3 is 6.09 Å². The molecule has 1 aromatic heterocycles. The molecular weight excluding hydrogens is 631 g/mol. The first-order chi connectivity index (χ1) is 23.7. The molecule has 0 saturated heterocycles. The van der Waals surface area contributed by atoms with Gasteiger partial charge in [-0.3, -0.25) is 9.79 Å². The highest BCUT2D eigenvalue weighted by Gasteiger charge is 2.31. The number of oxazole rings is 1. The van der Waals surface area contributed by atoms with Crippen LogP contribution in [0.4, 0.5) is 4.79 Å². The van der Waals surface area contributed by atoms with E-state index >= 15 is 0 Å². The van der Waals surface area contributed by atoms with Gasteiger partial charge in [-0.05, 0) is 66.3 Å². The Hall–Kier alpha value is -4.29. The smallest absolute Gasteiger partial charge is 0.407 e. The lowest BCUT2D eigenvalue weighted by atomic mass is 9.89. The van der Waals surface area contributed by atoms with Crippen molar-refractivity contribution in [2.45, 2.75) is 63.8 Å². The van der Waals surface area contributed by atoms with E-state index in [0.29, 0.717) is 43.5 Å². The van der Waals surface area contributed by atoms with E-state index in [4.69, 9.17) is 14.9 Å². The van der Waals surface area contributed by atoms with Crippen LogP contribution in [0.3, 0.4) is 0 Å². The SMILES string of the molecule is CC(C)C[C@H](CC(=O)[C@@H](CCCN=C(N)CP(C)C)NC(=O)OCC1c2ccccc2-c2ccccc21)c1ncc(Cc2ccccc2)o1. The third-order valence-corrected chi connectivity index (χ3v) is 9.77. The molecule has 1 heterocycles. The first kappa shape index (κ1) is 36.0. The number of rotatable bonds is 17. The van der Waals surface area contributed by atoms with Gasteiger partial charge in [0.15, 0.2) is 11.7 Å². The summed E-state index contributed by atoms with van der Waals surface area (Å²) < 4.78 is 12.1. The zero-order valence-corrected chi connectivity index (χ0v) is 30.0. The van der Waals surface area contributed by atoms with Gasteiger partial charge < -0.3 is 20.2 Å². The first-order valence-corrected chi connectivity index (χ1v) is 19.7. The Morgan fingerprint density at radius 2 is 1.63 bits per heavy atom. The van der Waals surface area contributed by atoms with Gasteiger partial charge in [-0.2, -0.15) is 0 Å². The van der Waals surface area contributed by atoms with E-state index in [2.05, 4.69) is 78.9 Å². The van der Waals surface area contributed by atoms with E-state index in [1.807, 2.05) is 42.5 Å². The van der Waals surface area contributed by atoms with Crippen molar-refractivity contribution < 1.29 is 18.7 Å².